The lowest BCUT2D eigenvalue weighted by atomic mass is 10.3. The molecule has 2 rings (SSSR count). The number of aromatic amines is 1. The Kier molecular flexibility index (Phi) is 3.92. The molecule has 1 heterocycles. The van der Waals surface area contributed by atoms with Crippen LogP contribution in [0.2, 0.25) is 0 Å². The monoisotopic (exact) mass is 259 g/mol. The van der Waals surface area contributed by atoms with Crippen molar-refractivity contribution < 1.29 is 4.79 Å². The molecule has 0 saturated heterocycles. The summed E-state index contributed by atoms with van der Waals surface area (Å²) in [5, 5.41) is 2.72. The number of hydrogen-bond acceptors (Lipinski definition) is 3. The van der Waals surface area contributed by atoms with E-state index in [-0.39, 0.29) is 18.9 Å². The summed E-state index contributed by atoms with van der Waals surface area (Å²) < 4.78 is 1.28. The zero-order chi connectivity index (χ0) is 13.7. The number of rotatable bonds is 4. The van der Waals surface area contributed by atoms with Gasteiger partial charge in [0.1, 0.15) is 0 Å². The molecule has 2 aromatic rings. The van der Waals surface area contributed by atoms with Crippen LogP contribution in [0.5, 0.6) is 0 Å². The number of aryl methyl sites for hydroxylation is 1. The van der Waals surface area contributed by atoms with Gasteiger partial charge < -0.3 is 9.88 Å². The molecule has 0 spiro atoms. The van der Waals surface area contributed by atoms with Crippen molar-refractivity contribution in [3.63, 3.8) is 0 Å². The fourth-order valence-electron chi connectivity index (χ4n) is 1.59. The van der Waals surface area contributed by atoms with Gasteiger partial charge in [-0.1, -0.05) is 18.2 Å². The van der Waals surface area contributed by atoms with E-state index in [2.05, 4.69) is 10.3 Å². The maximum Gasteiger partial charge on any atom is 0.328 e. The maximum absolute atomic E-state index is 11.7. The lowest BCUT2D eigenvalue weighted by molar-refractivity contribution is -0.116. The molecule has 0 aliphatic carbocycles. The van der Waals surface area contributed by atoms with Gasteiger partial charge in [-0.3, -0.25) is 14.6 Å². The first kappa shape index (κ1) is 12.8. The maximum atomic E-state index is 11.7. The van der Waals surface area contributed by atoms with Crippen LogP contribution in [0.25, 0.3) is 0 Å². The minimum absolute atomic E-state index is 0.154. The van der Waals surface area contributed by atoms with Crippen molar-refractivity contribution in [2.45, 2.75) is 13.0 Å². The molecule has 0 fully saturated rings. The highest BCUT2D eigenvalue weighted by Crippen LogP contribution is 2.05. The molecule has 0 saturated carbocycles. The Balaban J connectivity index is 1.94. The van der Waals surface area contributed by atoms with Crippen molar-refractivity contribution in [1.29, 1.82) is 0 Å². The Bertz CT molecular complexity index is 673. The minimum Gasteiger partial charge on any atom is -0.326 e. The van der Waals surface area contributed by atoms with Crippen LogP contribution in [-0.4, -0.2) is 15.5 Å². The molecule has 19 heavy (non-hydrogen) atoms. The Morgan fingerprint density at radius 2 is 1.89 bits per heavy atom. The first-order chi connectivity index (χ1) is 9.15. The second-order valence-electron chi connectivity index (χ2n) is 3.97. The summed E-state index contributed by atoms with van der Waals surface area (Å²) in [6.07, 6.45) is 1.53. The van der Waals surface area contributed by atoms with Gasteiger partial charge in [0.15, 0.2) is 0 Å². The summed E-state index contributed by atoms with van der Waals surface area (Å²) in [4.78, 5) is 36.1. The van der Waals surface area contributed by atoms with Crippen molar-refractivity contribution in [3.8, 4) is 0 Å². The average Bonchev–Trinajstić information content (AvgIpc) is 2.39. The fraction of sp³-hybridized carbons (Fsp3) is 0.154. The van der Waals surface area contributed by atoms with Gasteiger partial charge >= 0.3 is 5.69 Å². The van der Waals surface area contributed by atoms with E-state index < -0.39 is 11.2 Å². The van der Waals surface area contributed by atoms with Gasteiger partial charge in [-0.25, -0.2) is 4.79 Å². The van der Waals surface area contributed by atoms with Gasteiger partial charge in [-0.05, 0) is 12.1 Å². The first-order valence-corrected chi connectivity index (χ1v) is 5.80. The predicted octanol–water partition coefficient (Wildman–Crippen LogP) is 0.565. The van der Waals surface area contributed by atoms with E-state index in [1.165, 1.54) is 16.8 Å². The molecule has 0 bridgehead atoms. The summed E-state index contributed by atoms with van der Waals surface area (Å²) in [5.41, 5.74) is -0.253. The average molecular weight is 259 g/mol. The molecule has 0 aliphatic heterocycles. The number of para-hydroxylation sites is 1. The van der Waals surface area contributed by atoms with E-state index in [0.29, 0.717) is 5.69 Å². The third kappa shape index (κ3) is 3.67. The standard InChI is InChI=1S/C13H13N3O3/c17-11(14-10-4-2-1-3-5-10)6-8-16-9-7-12(18)15-13(16)19/h1-5,7,9H,6,8H2,(H,14,17)(H,15,18,19). The van der Waals surface area contributed by atoms with Crippen LogP contribution in [0.4, 0.5) is 5.69 Å². The van der Waals surface area contributed by atoms with Gasteiger partial charge in [0, 0.05) is 30.9 Å². The van der Waals surface area contributed by atoms with Gasteiger partial charge in [-0.15, -0.1) is 0 Å². The van der Waals surface area contributed by atoms with E-state index in [0.717, 1.165) is 0 Å². The summed E-state index contributed by atoms with van der Waals surface area (Å²) in [5.74, 6) is -0.190. The third-order valence-corrected chi connectivity index (χ3v) is 2.53. The summed E-state index contributed by atoms with van der Waals surface area (Å²) in [7, 11) is 0. The van der Waals surface area contributed by atoms with Crippen LogP contribution >= 0.6 is 0 Å². The zero-order valence-corrected chi connectivity index (χ0v) is 10.1. The molecule has 0 radical (unpaired) electrons. The molecule has 0 aliphatic rings. The number of carbonyl (C=O) groups is 1. The Morgan fingerprint density at radius 1 is 1.16 bits per heavy atom. The van der Waals surface area contributed by atoms with Crippen LogP contribution in [0, 0.1) is 0 Å². The number of anilines is 1. The number of carbonyl (C=O) groups excluding carboxylic acids is 1. The topological polar surface area (TPSA) is 84.0 Å². The number of aromatic nitrogens is 2. The van der Waals surface area contributed by atoms with Crippen LogP contribution in [0.1, 0.15) is 6.42 Å². The van der Waals surface area contributed by atoms with Crippen molar-refractivity contribution in [1.82, 2.24) is 9.55 Å². The number of amides is 1. The second-order valence-corrected chi connectivity index (χ2v) is 3.97. The van der Waals surface area contributed by atoms with Crippen LogP contribution in [-0.2, 0) is 11.3 Å². The zero-order valence-electron chi connectivity index (χ0n) is 10.1. The molecule has 1 aromatic carbocycles. The molecule has 1 aromatic heterocycles. The summed E-state index contributed by atoms with van der Waals surface area (Å²) in [6.45, 7) is 0.217. The number of nitrogens with one attached hydrogen (secondary N) is 2. The first-order valence-electron chi connectivity index (χ1n) is 5.80. The van der Waals surface area contributed by atoms with Gasteiger partial charge in [0.2, 0.25) is 5.91 Å². The number of benzene rings is 1. The molecule has 98 valence electrons. The molecule has 1 amide bonds. The van der Waals surface area contributed by atoms with E-state index >= 15 is 0 Å². The molecular formula is C13H13N3O3. The van der Waals surface area contributed by atoms with Crippen LogP contribution in [0.15, 0.2) is 52.2 Å². The van der Waals surface area contributed by atoms with E-state index in [4.69, 9.17) is 0 Å². The normalized spacial score (nSPS) is 10.1. The largest absolute Gasteiger partial charge is 0.328 e. The number of nitrogens with zero attached hydrogens (tertiary/aromatic N) is 1. The fourth-order valence-corrected chi connectivity index (χ4v) is 1.59. The van der Waals surface area contributed by atoms with E-state index in [1.807, 2.05) is 18.2 Å². The van der Waals surface area contributed by atoms with E-state index in [9.17, 15) is 14.4 Å². The van der Waals surface area contributed by atoms with Gasteiger partial charge in [0.25, 0.3) is 5.56 Å². The summed E-state index contributed by atoms with van der Waals surface area (Å²) in [6, 6.07) is 10.3. The van der Waals surface area contributed by atoms with Crippen LogP contribution < -0.4 is 16.6 Å². The van der Waals surface area contributed by atoms with Gasteiger partial charge in [0.05, 0.1) is 0 Å². The lowest BCUT2D eigenvalue weighted by Gasteiger charge is -2.06. The summed E-state index contributed by atoms with van der Waals surface area (Å²) >= 11 is 0. The third-order valence-electron chi connectivity index (χ3n) is 2.53. The molecule has 2 N–H and O–H groups in total. The van der Waals surface area contributed by atoms with Crippen molar-refractivity contribution >= 4 is 11.6 Å². The second kappa shape index (κ2) is 5.81. The molecule has 6 nitrogen and oxygen atoms in total. The quantitative estimate of drug-likeness (QED) is 0.841. The molecule has 0 atom stereocenters. The smallest absolute Gasteiger partial charge is 0.326 e. The Hall–Kier alpha value is -2.63. The Morgan fingerprint density at radius 3 is 2.58 bits per heavy atom. The highest BCUT2D eigenvalue weighted by molar-refractivity contribution is 5.90. The van der Waals surface area contributed by atoms with Crippen LogP contribution in [0.3, 0.4) is 0 Å². The number of H-pyrrole nitrogens is 1. The molecule has 0 unspecified atom stereocenters. The Labute approximate surface area is 108 Å². The molecule has 6 heteroatoms. The predicted molar refractivity (Wildman–Crippen MR) is 71.0 cm³/mol. The highest BCUT2D eigenvalue weighted by Gasteiger charge is 2.03. The van der Waals surface area contributed by atoms with Crippen molar-refractivity contribution in [3.05, 3.63) is 63.4 Å². The van der Waals surface area contributed by atoms with E-state index in [1.54, 1.807) is 12.1 Å². The molecular weight excluding hydrogens is 246 g/mol. The minimum atomic E-state index is -0.514. The lowest BCUT2D eigenvalue weighted by Crippen LogP contribution is -2.29. The van der Waals surface area contributed by atoms with Crippen molar-refractivity contribution in [2.75, 3.05) is 5.32 Å². The highest BCUT2D eigenvalue weighted by atomic mass is 16.2. The van der Waals surface area contributed by atoms with Gasteiger partial charge in [-0.2, -0.15) is 0 Å². The number of hydrogen-bond donors (Lipinski definition) is 2. The van der Waals surface area contributed by atoms with Crippen molar-refractivity contribution in [2.24, 2.45) is 0 Å². The SMILES string of the molecule is O=C(CCn1ccc(=O)[nH]c1=O)Nc1ccccc1.